The highest BCUT2D eigenvalue weighted by Gasteiger charge is 2.41. The van der Waals surface area contributed by atoms with Crippen LogP contribution in [0.15, 0.2) is 46.1 Å². The van der Waals surface area contributed by atoms with Gasteiger partial charge in [0, 0.05) is 37.1 Å². The van der Waals surface area contributed by atoms with Gasteiger partial charge < -0.3 is 19.4 Å². The highest BCUT2D eigenvalue weighted by Crippen LogP contribution is 2.40. The molecule has 5 rings (SSSR count). The van der Waals surface area contributed by atoms with E-state index in [0.29, 0.717) is 54.2 Å². The summed E-state index contributed by atoms with van der Waals surface area (Å²) in [6.45, 7) is 12.7. The Balaban J connectivity index is 1.64. The summed E-state index contributed by atoms with van der Waals surface area (Å²) in [7, 11) is -6.07. The van der Waals surface area contributed by atoms with Gasteiger partial charge in [0.15, 0.2) is 8.32 Å². The molecule has 39 heavy (non-hydrogen) atoms. The maximum Gasteiger partial charge on any atom is 0.416 e. The van der Waals surface area contributed by atoms with Crippen molar-refractivity contribution in [1.29, 1.82) is 0 Å². The van der Waals surface area contributed by atoms with Gasteiger partial charge in [-0.2, -0.15) is 4.31 Å². The van der Waals surface area contributed by atoms with Gasteiger partial charge in [-0.3, -0.25) is 4.79 Å². The molecule has 1 atom stereocenters. The minimum Gasteiger partial charge on any atom is -0.464 e. The summed E-state index contributed by atoms with van der Waals surface area (Å²) in [6.07, 6.45) is 0.218. The predicted molar refractivity (Wildman–Crippen MR) is 154 cm³/mol. The predicted octanol–water partition coefficient (Wildman–Crippen LogP) is 4.52. The van der Waals surface area contributed by atoms with Crippen LogP contribution in [-0.4, -0.2) is 74.1 Å². The first-order valence-electron chi connectivity index (χ1n) is 13.2. The van der Waals surface area contributed by atoms with E-state index < -0.39 is 30.0 Å². The second-order valence-corrected chi connectivity index (χ2v) is 18.6. The molecule has 2 aromatic heterocycles. The van der Waals surface area contributed by atoms with Crippen molar-refractivity contribution in [3.8, 4) is 11.3 Å². The third-order valence-corrected chi connectivity index (χ3v) is 14.8. The number of rotatable bonds is 6. The Morgan fingerprint density at radius 2 is 1.82 bits per heavy atom. The van der Waals surface area contributed by atoms with Gasteiger partial charge in [-0.05, 0) is 49.2 Å². The van der Waals surface area contributed by atoms with E-state index in [1.165, 1.54) is 10.4 Å². The van der Waals surface area contributed by atoms with Crippen molar-refractivity contribution in [1.82, 2.24) is 13.9 Å². The number of sulfonamides is 1. The summed E-state index contributed by atoms with van der Waals surface area (Å²) in [5.74, 6) is 0.397. The van der Waals surface area contributed by atoms with Crippen LogP contribution in [0, 0.1) is 0 Å². The number of para-hydroxylation sites is 1. The fourth-order valence-electron chi connectivity index (χ4n) is 4.98. The first-order valence-corrected chi connectivity index (χ1v) is 17.6. The zero-order valence-corrected chi connectivity index (χ0v) is 24.8. The van der Waals surface area contributed by atoms with Gasteiger partial charge in [0.25, 0.3) is 5.56 Å². The second-order valence-electron chi connectivity index (χ2n) is 11.9. The molecule has 2 saturated heterocycles. The molecule has 0 bridgehead atoms. The molecule has 210 valence electrons. The Labute approximate surface area is 229 Å². The summed E-state index contributed by atoms with van der Waals surface area (Å²) < 4.78 is 35.6. The molecule has 0 aliphatic carbocycles. The highest BCUT2D eigenvalue weighted by molar-refractivity contribution is 7.89. The lowest BCUT2D eigenvalue weighted by Crippen LogP contribution is -2.44. The van der Waals surface area contributed by atoms with Crippen LogP contribution in [0.5, 0.6) is 0 Å². The molecule has 1 unspecified atom stereocenters. The van der Waals surface area contributed by atoms with Crippen molar-refractivity contribution < 1.29 is 22.7 Å². The number of aromatic amines is 1. The molecular formula is C27H36N4O6SSi. The molecule has 2 aliphatic rings. The first kappa shape index (κ1) is 27.6. The average Bonchev–Trinajstić information content (AvgIpc) is 3.40. The number of nitrogens with zero attached hydrogens (tertiary/aromatic N) is 3. The number of carboxylic acid groups (broad SMARTS) is 1. The van der Waals surface area contributed by atoms with Crippen molar-refractivity contribution in [2.45, 2.75) is 62.7 Å². The largest absolute Gasteiger partial charge is 0.464 e. The lowest BCUT2D eigenvalue weighted by Gasteiger charge is -2.38. The second kappa shape index (κ2) is 9.61. The summed E-state index contributed by atoms with van der Waals surface area (Å²) in [6, 6.07) is 10.1. The molecular weight excluding hydrogens is 536 g/mol. The van der Waals surface area contributed by atoms with E-state index in [4.69, 9.17) is 4.43 Å². The standard InChI is InChI=1S/C27H36N4O6SSi/c1-27(2,3)39(4,5)37-19-11-14-29(17-19)24-20(16-23(25(32)28-24)38(35,36)30-12-8-13-30)22-15-18-9-6-7-10-21(18)31(22)26(33)34/h6-7,9-10,15-16,19H,8,11-14,17H2,1-5H3,(H,28,32)(H,33,34). The van der Waals surface area contributed by atoms with Crippen LogP contribution in [0.25, 0.3) is 22.2 Å². The maximum atomic E-state index is 13.3. The zero-order valence-electron chi connectivity index (χ0n) is 23.0. The number of anilines is 1. The molecule has 2 aliphatic heterocycles. The molecule has 0 saturated carbocycles. The summed E-state index contributed by atoms with van der Waals surface area (Å²) >= 11 is 0. The van der Waals surface area contributed by atoms with Gasteiger partial charge in [-0.1, -0.05) is 39.0 Å². The lowest BCUT2D eigenvalue weighted by molar-refractivity contribution is 0.197. The molecule has 0 radical (unpaired) electrons. The zero-order chi connectivity index (χ0) is 28.3. The van der Waals surface area contributed by atoms with Crippen LogP contribution in [-0.2, 0) is 14.4 Å². The van der Waals surface area contributed by atoms with E-state index in [0.717, 1.165) is 17.4 Å². The van der Waals surface area contributed by atoms with E-state index >= 15 is 0 Å². The molecule has 4 heterocycles. The van der Waals surface area contributed by atoms with Crippen LogP contribution < -0.4 is 10.5 Å². The number of aromatic nitrogens is 2. The Morgan fingerprint density at radius 3 is 2.44 bits per heavy atom. The van der Waals surface area contributed by atoms with E-state index in [9.17, 15) is 23.1 Å². The number of carbonyl (C=O) groups is 1. The minimum atomic E-state index is -4.02. The number of fused-ring (bicyclic) bond motifs is 1. The van der Waals surface area contributed by atoms with Crippen molar-refractivity contribution in [2.24, 2.45) is 0 Å². The van der Waals surface area contributed by atoms with Crippen molar-refractivity contribution in [2.75, 3.05) is 31.1 Å². The van der Waals surface area contributed by atoms with Crippen LogP contribution >= 0.6 is 0 Å². The molecule has 0 spiro atoms. The molecule has 10 nitrogen and oxygen atoms in total. The fraction of sp³-hybridized carbons (Fsp3) is 0.481. The van der Waals surface area contributed by atoms with Gasteiger partial charge in [0.1, 0.15) is 10.7 Å². The lowest BCUT2D eigenvalue weighted by atomic mass is 10.1. The van der Waals surface area contributed by atoms with Crippen molar-refractivity contribution in [3.63, 3.8) is 0 Å². The van der Waals surface area contributed by atoms with Gasteiger partial charge in [-0.15, -0.1) is 0 Å². The molecule has 1 aromatic carbocycles. The number of H-pyrrole nitrogens is 1. The number of pyridine rings is 1. The Bertz CT molecular complexity index is 1600. The molecule has 2 N–H and O–H groups in total. The van der Waals surface area contributed by atoms with E-state index in [1.807, 2.05) is 11.0 Å². The van der Waals surface area contributed by atoms with Crippen molar-refractivity contribution in [3.05, 3.63) is 46.8 Å². The Hall–Kier alpha value is -2.93. The third-order valence-electron chi connectivity index (χ3n) is 8.33. The van der Waals surface area contributed by atoms with Crippen molar-refractivity contribution >= 4 is 41.2 Å². The number of hydrogen-bond acceptors (Lipinski definition) is 6. The maximum absolute atomic E-state index is 13.3. The van der Waals surface area contributed by atoms with E-state index in [2.05, 4.69) is 38.8 Å². The fourth-order valence-corrected chi connectivity index (χ4v) is 7.93. The normalized spacial score (nSPS) is 19.0. The topological polar surface area (TPSA) is 125 Å². The number of hydrogen-bond donors (Lipinski definition) is 2. The molecule has 0 amide bonds. The van der Waals surface area contributed by atoms with E-state index in [-0.39, 0.29) is 16.0 Å². The van der Waals surface area contributed by atoms with Crippen LogP contribution in [0.3, 0.4) is 0 Å². The van der Waals surface area contributed by atoms with Crippen LogP contribution in [0.1, 0.15) is 33.6 Å². The van der Waals surface area contributed by atoms with Gasteiger partial charge in [-0.25, -0.2) is 17.8 Å². The summed E-state index contributed by atoms with van der Waals surface area (Å²) in [5, 5.41) is 10.9. The van der Waals surface area contributed by atoms with Gasteiger partial charge in [0.2, 0.25) is 10.0 Å². The summed E-state index contributed by atoms with van der Waals surface area (Å²) in [4.78, 5) is 30.1. The number of nitrogens with one attached hydrogen (secondary N) is 1. The smallest absolute Gasteiger partial charge is 0.416 e. The summed E-state index contributed by atoms with van der Waals surface area (Å²) in [5.41, 5.74) is 0.404. The SMILES string of the molecule is CC(C)(C)[Si](C)(C)OC1CCN(c2[nH]c(=O)c(S(=O)(=O)N3CCC3)cc2-c2cc3ccccc3n2C(=O)O)C1. The minimum absolute atomic E-state index is 0.0369. The number of benzene rings is 1. The first-order chi connectivity index (χ1) is 18.2. The van der Waals surface area contributed by atoms with Crippen LogP contribution in [0.4, 0.5) is 10.6 Å². The Morgan fingerprint density at radius 1 is 1.13 bits per heavy atom. The monoisotopic (exact) mass is 572 g/mol. The highest BCUT2D eigenvalue weighted by atomic mass is 32.2. The molecule has 3 aromatic rings. The molecule has 12 heteroatoms. The van der Waals surface area contributed by atoms with Crippen LogP contribution in [0.2, 0.25) is 18.1 Å². The third kappa shape index (κ3) is 4.83. The molecule has 2 fully saturated rings. The van der Waals surface area contributed by atoms with Gasteiger partial charge >= 0.3 is 6.09 Å². The quantitative estimate of drug-likeness (QED) is 0.416. The van der Waals surface area contributed by atoms with E-state index in [1.54, 1.807) is 24.3 Å². The average molecular weight is 573 g/mol. The Kier molecular flexibility index (Phi) is 6.81. The van der Waals surface area contributed by atoms with Gasteiger partial charge in [0.05, 0.1) is 17.3 Å².